The number of carbonyl (C=O) groups excluding carboxylic acids is 2. The van der Waals surface area contributed by atoms with Crippen LogP contribution in [0.25, 0.3) is 0 Å². The molecule has 0 bridgehead atoms. The normalized spacial score (nSPS) is 9.00. The van der Waals surface area contributed by atoms with Crippen LogP contribution in [0.15, 0.2) is 12.3 Å². The van der Waals surface area contributed by atoms with Crippen molar-refractivity contribution < 1.29 is 9.59 Å². The molecule has 0 heterocycles. The van der Waals surface area contributed by atoms with Crippen LogP contribution in [0.1, 0.15) is 0 Å². The predicted octanol–water partition coefficient (Wildman–Crippen LogP) is -1.01. The highest BCUT2D eigenvalue weighted by molar-refractivity contribution is 5.87. The summed E-state index contributed by atoms with van der Waals surface area (Å²) in [6.45, 7) is 0. The SMILES string of the molecule is CNC(=O)/C=C/NC=O. The molecule has 4 nitrogen and oxygen atoms in total. The Morgan fingerprint density at radius 3 is 2.67 bits per heavy atom. The number of likely N-dealkylation sites (N-methyl/N-ethyl adjacent to an activating group) is 1. The third-order valence-electron chi connectivity index (χ3n) is 0.645. The van der Waals surface area contributed by atoms with Gasteiger partial charge in [0, 0.05) is 19.3 Å². The van der Waals surface area contributed by atoms with Crippen LogP contribution in [-0.2, 0) is 9.59 Å². The average Bonchev–Trinajstić information content (AvgIpc) is 1.89. The van der Waals surface area contributed by atoms with Crippen molar-refractivity contribution in [3.63, 3.8) is 0 Å². The Morgan fingerprint density at radius 2 is 2.22 bits per heavy atom. The van der Waals surface area contributed by atoms with Gasteiger partial charge in [-0.1, -0.05) is 0 Å². The topological polar surface area (TPSA) is 58.2 Å². The Labute approximate surface area is 52.9 Å². The largest absolute Gasteiger partial charge is 0.356 e. The lowest BCUT2D eigenvalue weighted by Gasteiger charge is -1.87. The van der Waals surface area contributed by atoms with Gasteiger partial charge in [0.15, 0.2) is 0 Å². The Hall–Kier alpha value is -1.32. The number of amides is 2. The quantitative estimate of drug-likeness (QED) is 0.378. The zero-order valence-electron chi connectivity index (χ0n) is 5.05. The van der Waals surface area contributed by atoms with E-state index in [0.717, 1.165) is 0 Å². The van der Waals surface area contributed by atoms with Crippen LogP contribution in [0.4, 0.5) is 0 Å². The van der Waals surface area contributed by atoms with E-state index in [0.29, 0.717) is 6.41 Å². The van der Waals surface area contributed by atoms with Gasteiger partial charge in [-0.3, -0.25) is 9.59 Å². The minimum absolute atomic E-state index is 0.246. The fourth-order valence-electron chi connectivity index (χ4n) is 0.246. The zero-order chi connectivity index (χ0) is 7.11. The average molecular weight is 128 g/mol. The second-order valence-electron chi connectivity index (χ2n) is 1.23. The third-order valence-corrected chi connectivity index (χ3v) is 0.645. The molecule has 2 N–H and O–H groups in total. The van der Waals surface area contributed by atoms with Crippen molar-refractivity contribution in [3.05, 3.63) is 12.3 Å². The van der Waals surface area contributed by atoms with E-state index in [1.165, 1.54) is 19.3 Å². The molecule has 9 heavy (non-hydrogen) atoms. The molecule has 0 aromatic rings. The molecular formula is C5H8N2O2. The van der Waals surface area contributed by atoms with E-state index >= 15 is 0 Å². The van der Waals surface area contributed by atoms with Crippen LogP contribution >= 0.6 is 0 Å². The molecular weight excluding hydrogens is 120 g/mol. The highest BCUT2D eigenvalue weighted by atomic mass is 16.1. The Kier molecular flexibility index (Phi) is 4.12. The van der Waals surface area contributed by atoms with Gasteiger partial charge in [-0.05, 0) is 0 Å². The maximum Gasteiger partial charge on any atom is 0.245 e. The van der Waals surface area contributed by atoms with Gasteiger partial charge >= 0.3 is 0 Å². The number of nitrogens with one attached hydrogen (secondary N) is 2. The van der Waals surface area contributed by atoms with Gasteiger partial charge in [0.2, 0.25) is 12.3 Å². The molecule has 0 aromatic carbocycles. The molecule has 0 aromatic heterocycles. The molecule has 0 aliphatic rings. The first-order valence-corrected chi connectivity index (χ1v) is 2.39. The zero-order valence-corrected chi connectivity index (χ0v) is 5.05. The van der Waals surface area contributed by atoms with E-state index in [1.807, 2.05) is 0 Å². The predicted molar refractivity (Wildman–Crippen MR) is 32.4 cm³/mol. The molecule has 0 aliphatic carbocycles. The Morgan fingerprint density at radius 1 is 1.56 bits per heavy atom. The summed E-state index contributed by atoms with van der Waals surface area (Å²) in [7, 11) is 1.51. The van der Waals surface area contributed by atoms with Gasteiger partial charge in [0.25, 0.3) is 0 Å². The molecule has 0 unspecified atom stereocenters. The van der Waals surface area contributed by atoms with Crippen LogP contribution in [0, 0.1) is 0 Å². The highest BCUT2D eigenvalue weighted by Gasteiger charge is 1.83. The monoisotopic (exact) mass is 128 g/mol. The van der Waals surface area contributed by atoms with Gasteiger partial charge in [-0.25, -0.2) is 0 Å². The fraction of sp³-hybridized carbons (Fsp3) is 0.200. The number of hydrogen-bond donors (Lipinski definition) is 2. The summed E-state index contributed by atoms with van der Waals surface area (Å²) < 4.78 is 0. The van der Waals surface area contributed by atoms with Crippen molar-refractivity contribution in [1.82, 2.24) is 10.6 Å². The van der Waals surface area contributed by atoms with Crippen molar-refractivity contribution in [2.75, 3.05) is 7.05 Å². The van der Waals surface area contributed by atoms with E-state index in [2.05, 4.69) is 10.6 Å². The molecule has 0 fully saturated rings. The highest BCUT2D eigenvalue weighted by Crippen LogP contribution is 1.64. The first-order valence-electron chi connectivity index (χ1n) is 2.39. The van der Waals surface area contributed by atoms with Gasteiger partial charge in [0.1, 0.15) is 0 Å². The maximum atomic E-state index is 10.3. The van der Waals surface area contributed by atoms with Crippen molar-refractivity contribution in [1.29, 1.82) is 0 Å². The molecule has 0 atom stereocenters. The number of rotatable bonds is 3. The molecule has 4 heteroatoms. The lowest BCUT2D eigenvalue weighted by molar-refractivity contribution is -0.116. The third kappa shape index (κ3) is 4.53. The van der Waals surface area contributed by atoms with Crippen molar-refractivity contribution in [3.8, 4) is 0 Å². The Balaban J connectivity index is 3.43. The summed E-state index contributed by atoms with van der Waals surface area (Å²) in [4.78, 5) is 19.9. The van der Waals surface area contributed by atoms with E-state index < -0.39 is 0 Å². The summed E-state index contributed by atoms with van der Waals surface area (Å²) >= 11 is 0. The summed E-state index contributed by atoms with van der Waals surface area (Å²) in [6, 6.07) is 0. The summed E-state index contributed by atoms with van der Waals surface area (Å²) in [6.07, 6.45) is 2.96. The second-order valence-corrected chi connectivity index (χ2v) is 1.23. The van der Waals surface area contributed by atoms with E-state index in [-0.39, 0.29) is 5.91 Å². The van der Waals surface area contributed by atoms with Gasteiger partial charge in [-0.2, -0.15) is 0 Å². The van der Waals surface area contributed by atoms with Crippen LogP contribution in [0.5, 0.6) is 0 Å². The lowest BCUT2D eigenvalue weighted by Crippen LogP contribution is -2.15. The first-order chi connectivity index (χ1) is 4.31. The summed E-state index contributed by atoms with van der Waals surface area (Å²) in [5.74, 6) is -0.246. The second kappa shape index (κ2) is 4.83. The lowest BCUT2D eigenvalue weighted by atomic mass is 10.6. The van der Waals surface area contributed by atoms with Crippen molar-refractivity contribution >= 4 is 12.3 Å². The molecule has 0 radical (unpaired) electrons. The van der Waals surface area contributed by atoms with E-state index in [9.17, 15) is 9.59 Å². The van der Waals surface area contributed by atoms with Crippen LogP contribution in [-0.4, -0.2) is 19.4 Å². The minimum atomic E-state index is -0.246. The van der Waals surface area contributed by atoms with Crippen LogP contribution in [0.3, 0.4) is 0 Å². The molecule has 0 aliphatic heterocycles. The minimum Gasteiger partial charge on any atom is -0.356 e. The molecule has 0 saturated carbocycles. The van der Waals surface area contributed by atoms with Crippen molar-refractivity contribution in [2.45, 2.75) is 0 Å². The van der Waals surface area contributed by atoms with Gasteiger partial charge in [-0.15, -0.1) is 0 Å². The molecule has 0 rings (SSSR count). The van der Waals surface area contributed by atoms with E-state index in [4.69, 9.17) is 0 Å². The van der Waals surface area contributed by atoms with Crippen LogP contribution < -0.4 is 10.6 Å². The fourth-order valence-corrected chi connectivity index (χ4v) is 0.246. The smallest absolute Gasteiger partial charge is 0.245 e. The van der Waals surface area contributed by atoms with Crippen molar-refractivity contribution in [2.24, 2.45) is 0 Å². The van der Waals surface area contributed by atoms with Gasteiger partial charge in [0.05, 0.1) is 0 Å². The summed E-state index contributed by atoms with van der Waals surface area (Å²) in [5, 5.41) is 4.53. The van der Waals surface area contributed by atoms with Crippen LogP contribution in [0.2, 0.25) is 0 Å². The first kappa shape index (κ1) is 7.68. The molecule has 2 amide bonds. The molecule has 0 saturated heterocycles. The number of carbonyl (C=O) groups is 2. The summed E-state index contributed by atoms with van der Waals surface area (Å²) in [5.41, 5.74) is 0. The number of hydrogen-bond acceptors (Lipinski definition) is 2. The van der Waals surface area contributed by atoms with Gasteiger partial charge < -0.3 is 10.6 Å². The van der Waals surface area contributed by atoms with E-state index in [1.54, 1.807) is 0 Å². The molecule has 50 valence electrons. The Bertz CT molecular complexity index is 131. The maximum absolute atomic E-state index is 10.3. The standard InChI is InChI=1S/C5H8N2O2/c1-6-5(9)2-3-7-4-8/h2-4H,1H3,(H,6,9)(H,7,8)/b3-2+. The molecule has 0 spiro atoms.